The summed E-state index contributed by atoms with van der Waals surface area (Å²) >= 11 is 6.16. The number of aromatic nitrogens is 1. The maximum absolute atomic E-state index is 6.16. The molecular formula is C18H23ClN2O3. The zero-order valence-electron chi connectivity index (χ0n) is 14.2. The molecule has 24 heavy (non-hydrogen) atoms. The number of ether oxygens (including phenoxy) is 3. The molecule has 0 aliphatic carbocycles. The van der Waals surface area contributed by atoms with Crippen molar-refractivity contribution >= 4 is 11.6 Å². The van der Waals surface area contributed by atoms with Crippen LogP contribution in [0.15, 0.2) is 36.5 Å². The minimum absolute atomic E-state index is 0.0475. The summed E-state index contributed by atoms with van der Waals surface area (Å²) < 4.78 is 16.8. The maximum Gasteiger partial charge on any atom is 0.213 e. The lowest BCUT2D eigenvalue weighted by molar-refractivity contribution is 0.227. The van der Waals surface area contributed by atoms with Gasteiger partial charge in [-0.05, 0) is 26.0 Å². The van der Waals surface area contributed by atoms with Gasteiger partial charge in [0.2, 0.25) is 5.88 Å². The number of hydrogen-bond donors (Lipinski definition) is 1. The van der Waals surface area contributed by atoms with Gasteiger partial charge in [-0.2, -0.15) is 0 Å². The normalized spacial score (nSPS) is 10.7. The van der Waals surface area contributed by atoms with E-state index in [1.165, 1.54) is 0 Å². The van der Waals surface area contributed by atoms with Gasteiger partial charge < -0.3 is 19.5 Å². The van der Waals surface area contributed by atoms with Crippen LogP contribution in [0.5, 0.6) is 17.4 Å². The third-order valence-corrected chi connectivity index (χ3v) is 3.37. The Morgan fingerprint density at radius 1 is 1.25 bits per heavy atom. The second-order valence-corrected chi connectivity index (χ2v) is 5.89. The Bertz CT molecular complexity index is 636. The van der Waals surface area contributed by atoms with Crippen LogP contribution in [0.1, 0.15) is 19.4 Å². The van der Waals surface area contributed by atoms with Crippen molar-refractivity contribution in [2.45, 2.75) is 26.5 Å². The van der Waals surface area contributed by atoms with Crippen molar-refractivity contribution in [2.75, 3.05) is 20.3 Å². The Kier molecular flexibility index (Phi) is 7.15. The quantitative estimate of drug-likeness (QED) is 0.699. The first kappa shape index (κ1) is 18.4. The lowest BCUT2D eigenvalue weighted by atomic mass is 10.1. The molecule has 1 aromatic carbocycles. The minimum atomic E-state index is 0.0475. The Balaban J connectivity index is 1.92. The molecule has 1 aromatic heterocycles. The summed E-state index contributed by atoms with van der Waals surface area (Å²) in [4.78, 5) is 4.11. The molecule has 1 N–H and O–H groups in total. The minimum Gasteiger partial charge on any atom is -0.493 e. The monoisotopic (exact) mass is 350 g/mol. The molecule has 0 saturated carbocycles. The lowest BCUT2D eigenvalue weighted by Crippen LogP contribution is -2.21. The average molecular weight is 351 g/mol. The predicted octanol–water partition coefficient (Wildman–Crippen LogP) is 3.70. The number of halogens is 1. The summed E-state index contributed by atoms with van der Waals surface area (Å²) in [6.07, 6.45) is 1.75. The molecule has 6 heteroatoms. The van der Waals surface area contributed by atoms with Crippen molar-refractivity contribution in [1.29, 1.82) is 0 Å². The van der Waals surface area contributed by atoms with E-state index in [1.54, 1.807) is 19.4 Å². The molecule has 0 aliphatic rings. The second kappa shape index (κ2) is 9.35. The molecule has 0 aliphatic heterocycles. The third kappa shape index (κ3) is 5.58. The molecule has 0 atom stereocenters. The van der Waals surface area contributed by atoms with Gasteiger partial charge >= 0.3 is 0 Å². The van der Waals surface area contributed by atoms with Crippen LogP contribution >= 0.6 is 11.6 Å². The van der Waals surface area contributed by atoms with Crippen LogP contribution in [0, 0.1) is 0 Å². The van der Waals surface area contributed by atoms with E-state index in [0.717, 1.165) is 11.3 Å². The number of nitrogens with one attached hydrogen (secondary N) is 1. The van der Waals surface area contributed by atoms with E-state index < -0.39 is 0 Å². The average Bonchev–Trinajstić information content (AvgIpc) is 2.57. The zero-order valence-corrected chi connectivity index (χ0v) is 15.0. The molecule has 2 rings (SSSR count). The van der Waals surface area contributed by atoms with E-state index in [1.807, 2.05) is 38.1 Å². The number of pyridine rings is 1. The van der Waals surface area contributed by atoms with Gasteiger partial charge in [0.25, 0.3) is 0 Å². The van der Waals surface area contributed by atoms with Crippen LogP contribution in [-0.4, -0.2) is 31.3 Å². The Morgan fingerprint density at radius 3 is 2.75 bits per heavy atom. The molecule has 0 unspecified atom stereocenters. The molecule has 0 amide bonds. The van der Waals surface area contributed by atoms with Gasteiger partial charge in [-0.15, -0.1) is 0 Å². The van der Waals surface area contributed by atoms with E-state index in [-0.39, 0.29) is 6.10 Å². The van der Waals surface area contributed by atoms with Gasteiger partial charge in [0.05, 0.1) is 13.2 Å². The van der Waals surface area contributed by atoms with Crippen molar-refractivity contribution in [1.82, 2.24) is 10.3 Å². The smallest absolute Gasteiger partial charge is 0.213 e. The van der Waals surface area contributed by atoms with Crippen molar-refractivity contribution in [3.8, 4) is 17.4 Å². The van der Waals surface area contributed by atoms with E-state index >= 15 is 0 Å². The zero-order chi connectivity index (χ0) is 17.4. The van der Waals surface area contributed by atoms with E-state index in [9.17, 15) is 0 Å². The van der Waals surface area contributed by atoms with Gasteiger partial charge in [0.15, 0.2) is 11.5 Å². The van der Waals surface area contributed by atoms with Crippen molar-refractivity contribution in [2.24, 2.45) is 0 Å². The van der Waals surface area contributed by atoms with E-state index in [2.05, 4.69) is 10.3 Å². The first-order valence-electron chi connectivity index (χ1n) is 7.87. The number of methoxy groups -OCH3 is 1. The fraction of sp³-hybridized carbons (Fsp3) is 0.389. The highest BCUT2D eigenvalue weighted by molar-refractivity contribution is 6.30. The first-order chi connectivity index (χ1) is 11.6. The standard InChI is InChI=1S/C18H23ClN2O3/c1-13(2)24-18-14(10-15(19)11-16(18)22-3)12-20-8-9-23-17-6-4-5-7-21-17/h4-7,10-11,13,20H,8-9,12H2,1-3H3. The largest absolute Gasteiger partial charge is 0.493 e. The fourth-order valence-electron chi connectivity index (χ4n) is 2.16. The molecule has 0 radical (unpaired) electrons. The van der Waals surface area contributed by atoms with Gasteiger partial charge in [-0.1, -0.05) is 17.7 Å². The first-order valence-corrected chi connectivity index (χ1v) is 8.25. The second-order valence-electron chi connectivity index (χ2n) is 5.46. The summed E-state index contributed by atoms with van der Waals surface area (Å²) in [5.74, 6) is 1.97. The van der Waals surface area contributed by atoms with Crippen LogP contribution in [0.25, 0.3) is 0 Å². The topological polar surface area (TPSA) is 52.6 Å². The van der Waals surface area contributed by atoms with Gasteiger partial charge in [0.1, 0.15) is 6.61 Å². The molecule has 1 heterocycles. The summed E-state index contributed by atoms with van der Waals surface area (Å²) in [5.41, 5.74) is 0.950. The van der Waals surface area contributed by atoms with Gasteiger partial charge in [0, 0.05) is 42.0 Å². The van der Waals surface area contributed by atoms with Crippen LogP contribution in [0.2, 0.25) is 5.02 Å². The van der Waals surface area contributed by atoms with Crippen LogP contribution < -0.4 is 19.5 Å². The van der Waals surface area contributed by atoms with Crippen LogP contribution in [-0.2, 0) is 6.54 Å². The Labute approximate surface area is 147 Å². The van der Waals surface area contributed by atoms with Crippen molar-refractivity contribution in [3.63, 3.8) is 0 Å². The molecular weight excluding hydrogens is 328 g/mol. The van der Waals surface area contributed by atoms with E-state index in [0.29, 0.717) is 36.3 Å². The van der Waals surface area contributed by atoms with E-state index in [4.69, 9.17) is 25.8 Å². The molecule has 0 bridgehead atoms. The molecule has 0 spiro atoms. The Hall–Kier alpha value is -1.98. The fourth-order valence-corrected chi connectivity index (χ4v) is 2.39. The van der Waals surface area contributed by atoms with Crippen molar-refractivity contribution < 1.29 is 14.2 Å². The molecule has 0 saturated heterocycles. The summed E-state index contributed by atoms with van der Waals surface area (Å²) in [7, 11) is 1.61. The summed E-state index contributed by atoms with van der Waals surface area (Å²) in [6, 6.07) is 9.22. The summed E-state index contributed by atoms with van der Waals surface area (Å²) in [6.45, 7) is 5.75. The number of benzene rings is 1. The van der Waals surface area contributed by atoms with Gasteiger partial charge in [-0.3, -0.25) is 0 Å². The highest BCUT2D eigenvalue weighted by Crippen LogP contribution is 2.35. The molecule has 5 nitrogen and oxygen atoms in total. The maximum atomic E-state index is 6.16. The third-order valence-electron chi connectivity index (χ3n) is 3.15. The predicted molar refractivity (Wildman–Crippen MR) is 95.2 cm³/mol. The lowest BCUT2D eigenvalue weighted by Gasteiger charge is -2.18. The number of rotatable bonds is 9. The number of nitrogens with zero attached hydrogens (tertiary/aromatic N) is 1. The SMILES string of the molecule is COc1cc(Cl)cc(CNCCOc2ccccn2)c1OC(C)C. The van der Waals surface area contributed by atoms with Crippen LogP contribution in [0.3, 0.4) is 0 Å². The Morgan fingerprint density at radius 2 is 2.08 bits per heavy atom. The number of hydrogen-bond acceptors (Lipinski definition) is 5. The van der Waals surface area contributed by atoms with Gasteiger partial charge in [-0.25, -0.2) is 4.98 Å². The molecule has 2 aromatic rings. The van der Waals surface area contributed by atoms with Crippen molar-refractivity contribution in [3.05, 3.63) is 47.1 Å². The summed E-state index contributed by atoms with van der Waals surface area (Å²) in [5, 5.41) is 3.93. The highest BCUT2D eigenvalue weighted by Gasteiger charge is 2.14. The highest BCUT2D eigenvalue weighted by atomic mass is 35.5. The van der Waals surface area contributed by atoms with Crippen LogP contribution in [0.4, 0.5) is 0 Å². The molecule has 130 valence electrons. The molecule has 0 fully saturated rings.